The van der Waals surface area contributed by atoms with E-state index in [1.165, 1.54) is 21.9 Å². The van der Waals surface area contributed by atoms with E-state index in [1.54, 1.807) is 12.1 Å². The van der Waals surface area contributed by atoms with Crippen molar-refractivity contribution in [1.29, 1.82) is 0 Å². The van der Waals surface area contributed by atoms with Crippen molar-refractivity contribution in [2.75, 3.05) is 17.1 Å². The Morgan fingerprint density at radius 2 is 1.77 bits per heavy atom. The van der Waals surface area contributed by atoms with Crippen LogP contribution in [0.5, 0.6) is 0 Å². The molecule has 0 radical (unpaired) electrons. The lowest BCUT2D eigenvalue weighted by atomic mass is 10.0. The second-order valence-corrected chi connectivity index (χ2v) is 9.85. The molecule has 1 aliphatic carbocycles. The number of amides is 1. The van der Waals surface area contributed by atoms with Gasteiger partial charge in [0.15, 0.2) is 0 Å². The Hall–Kier alpha value is -2.86. The summed E-state index contributed by atoms with van der Waals surface area (Å²) in [6.45, 7) is 1.67. The molecule has 3 aromatic rings. The van der Waals surface area contributed by atoms with Crippen molar-refractivity contribution in [3.63, 3.8) is 0 Å². The summed E-state index contributed by atoms with van der Waals surface area (Å²) in [5.41, 5.74) is 4.29. The van der Waals surface area contributed by atoms with E-state index in [1.807, 2.05) is 43.3 Å². The van der Waals surface area contributed by atoms with Gasteiger partial charge in [-0.1, -0.05) is 54.6 Å². The normalized spacial score (nSPS) is 14.3. The lowest BCUT2D eigenvalue weighted by molar-refractivity contribution is -0.120. The molecule has 0 spiro atoms. The summed E-state index contributed by atoms with van der Waals surface area (Å²) in [7, 11) is -3.64. The van der Waals surface area contributed by atoms with Crippen LogP contribution in [0, 0.1) is 0 Å². The van der Waals surface area contributed by atoms with Crippen LogP contribution in [0.4, 0.5) is 5.69 Å². The number of aryl methyl sites for hydroxylation is 2. The highest BCUT2D eigenvalue weighted by Gasteiger charge is 2.23. The fraction of sp³-hybridized carbons (Fsp3) is 0.292. The van der Waals surface area contributed by atoms with Crippen LogP contribution in [0.3, 0.4) is 0 Å². The minimum atomic E-state index is -3.64. The average Bonchev–Trinajstić information content (AvgIpc) is 3.19. The van der Waals surface area contributed by atoms with Gasteiger partial charge in [0.1, 0.15) is 6.54 Å². The van der Waals surface area contributed by atoms with Gasteiger partial charge >= 0.3 is 0 Å². The summed E-state index contributed by atoms with van der Waals surface area (Å²) in [6.07, 6.45) is 4.50. The Morgan fingerprint density at radius 3 is 2.57 bits per heavy atom. The first-order valence-electron chi connectivity index (χ1n) is 10.2. The van der Waals surface area contributed by atoms with Gasteiger partial charge in [0.25, 0.3) is 0 Å². The van der Waals surface area contributed by atoms with Crippen molar-refractivity contribution in [2.24, 2.45) is 0 Å². The lowest BCUT2D eigenvalue weighted by Gasteiger charge is -2.24. The van der Waals surface area contributed by atoms with E-state index in [0.29, 0.717) is 5.69 Å². The summed E-state index contributed by atoms with van der Waals surface area (Å²) in [4.78, 5) is 12.8. The number of carbonyl (C=O) groups is 1. The summed E-state index contributed by atoms with van der Waals surface area (Å²) < 4.78 is 26.3. The topological polar surface area (TPSA) is 66.5 Å². The van der Waals surface area contributed by atoms with E-state index in [0.717, 1.165) is 35.4 Å². The lowest BCUT2D eigenvalue weighted by Crippen LogP contribution is -2.41. The van der Waals surface area contributed by atoms with E-state index >= 15 is 0 Å². The largest absolute Gasteiger partial charge is 0.348 e. The summed E-state index contributed by atoms with van der Waals surface area (Å²) in [6, 6.07) is 19.2. The molecule has 156 valence electrons. The van der Waals surface area contributed by atoms with Crippen molar-refractivity contribution in [2.45, 2.75) is 32.2 Å². The Bertz CT molecular complexity index is 1200. The van der Waals surface area contributed by atoms with Crippen LogP contribution >= 0.6 is 0 Å². The highest BCUT2D eigenvalue weighted by molar-refractivity contribution is 7.92. The molecule has 0 saturated carbocycles. The molecule has 5 nitrogen and oxygen atoms in total. The van der Waals surface area contributed by atoms with E-state index in [9.17, 15) is 13.2 Å². The summed E-state index contributed by atoms with van der Waals surface area (Å²) >= 11 is 0. The van der Waals surface area contributed by atoms with Crippen LogP contribution in [0.1, 0.15) is 36.1 Å². The van der Waals surface area contributed by atoms with E-state index in [-0.39, 0.29) is 18.5 Å². The number of anilines is 1. The second-order valence-electron chi connectivity index (χ2n) is 7.94. The molecule has 1 aliphatic rings. The van der Waals surface area contributed by atoms with Crippen LogP contribution in [-0.2, 0) is 27.7 Å². The number of benzene rings is 3. The van der Waals surface area contributed by atoms with Crippen molar-refractivity contribution in [3.05, 3.63) is 77.4 Å². The zero-order valence-electron chi connectivity index (χ0n) is 17.3. The molecule has 0 saturated heterocycles. The van der Waals surface area contributed by atoms with E-state index < -0.39 is 10.0 Å². The highest BCUT2D eigenvalue weighted by Crippen LogP contribution is 2.29. The van der Waals surface area contributed by atoms with Gasteiger partial charge in [-0.3, -0.25) is 9.10 Å². The predicted octanol–water partition coefficient (Wildman–Crippen LogP) is 3.97. The molecule has 0 fully saturated rings. The monoisotopic (exact) mass is 422 g/mol. The Morgan fingerprint density at radius 1 is 1.03 bits per heavy atom. The van der Waals surface area contributed by atoms with Gasteiger partial charge in [0.05, 0.1) is 18.0 Å². The smallest absolute Gasteiger partial charge is 0.241 e. The SMILES string of the molecule is C[C@H](NC(=O)CN(c1cccc2ccccc12)S(C)(=O)=O)c1ccc2c(c1)CCC2. The molecule has 0 heterocycles. The molecule has 1 amide bonds. The standard InChI is InChI=1S/C24H26N2O3S/c1-17(20-14-13-18-8-5-10-21(18)15-20)25-24(27)16-26(30(2,28)29)23-12-6-9-19-7-3-4-11-22(19)23/h3-4,6-7,9,11-15,17H,5,8,10,16H2,1-2H3,(H,25,27)/t17-/m0/s1. The number of hydrogen-bond donors (Lipinski definition) is 1. The average molecular weight is 423 g/mol. The third kappa shape index (κ3) is 4.19. The molecule has 0 unspecified atom stereocenters. The second kappa shape index (κ2) is 8.11. The third-order valence-electron chi connectivity index (χ3n) is 5.72. The number of carbonyl (C=O) groups excluding carboxylic acids is 1. The molecular weight excluding hydrogens is 396 g/mol. The number of nitrogens with zero attached hydrogens (tertiary/aromatic N) is 1. The first-order valence-corrected chi connectivity index (χ1v) is 12.0. The Balaban J connectivity index is 1.56. The maximum atomic E-state index is 12.8. The summed E-state index contributed by atoms with van der Waals surface area (Å²) in [5.74, 6) is -0.332. The van der Waals surface area contributed by atoms with Gasteiger partial charge in [-0.2, -0.15) is 0 Å². The molecule has 30 heavy (non-hydrogen) atoms. The van der Waals surface area contributed by atoms with Crippen LogP contribution in [0.2, 0.25) is 0 Å². The number of hydrogen-bond acceptors (Lipinski definition) is 3. The number of rotatable bonds is 6. The van der Waals surface area contributed by atoms with Gasteiger partial charge in [-0.15, -0.1) is 0 Å². The zero-order valence-corrected chi connectivity index (χ0v) is 18.1. The summed E-state index contributed by atoms with van der Waals surface area (Å²) in [5, 5.41) is 4.69. The van der Waals surface area contributed by atoms with Crippen LogP contribution < -0.4 is 9.62 Å². The van der Waals surface area contributed by atoms with Crippen molar-refractivity contribution in [3.8, 4) is 0 Å². The number of sulfonamides is 1. The molecule has 0 aliphatic heterocycles. The highest BCUT2D eigenvalue weighted by atomic mass is 32.2. The molecule has 3 aromatic carbocycles. The maximum Gasteiger partial charge on any atom is 0.241 e. The van der Waals surface area contributed by atoms with E-state index in [4.69, 9.17) is 0 Å². The van der Waals surface area contributed by atoms with Gasteiger partial charge in [-0.05, 0) is 54.3 Å². The molecule has 1 atom stereocenters. The zero-order chi connectivity index (χ0) is 21.3. The molecule has 6 heteroatoms. The third-order valence-corrected chi connectivity index (χ3v) is 6.85. The first-order chi connectivity index (χ1) is 14.3. The Labute approximate surface area is 177 Å². The fourth-order valence-corrected chi connectivity index (χ4v) is 5.04. The first kappa shape index (κ1) is 20.4. The van der Waals surface area contributed by atoms with Gasteiger partial charge < -0.3 is 5.32 Å². The molecule has 0 bridgehead atoms. The number of fused-ring (bicyclic) bond motifs is 2. The predicted molar refractivity (Wildman–Crippen MR) is 121 cm³/mol. The minimum absolute atomic E-state index is 0.197. The maximum absolute atomic E-state index is 12.8. The van der Waals surface area contributed by atoms with Crippen molar-refractivity contribution < 1.29 is 13.2 Å². The van der Waals surface area contributed by atoms with Gasteiger partial charge in [0, 0.05) is 5.39 Å². The van der Waals surface area contributed by atoms with Crippen molar-refractivity contribution >= 4 is 32.4 Å². The van der Waals surface area contributed by atoms with Crippen LogP contribution in [0.15, 0.2) is 60.7 Å². The van der Waals surface area contributed by atoms with E-state index in [2.05, 4.69) is 17.4 Å². The number of nitrogens with one attached hydrogen (secondary N) is 1. The minimum Gasteiger partial charge on any atom is -0.348 e. The van der Waals surface area contributed by atoms with Crippen molar-refractivity contribution in [1.82, 2.24) is 5.32 Å². The van der Waals surface area contributed by atoms with Gasteiger partial charge in [-0.25, -0.2) is 8.42 Å². The molecular formula is C24H26N2O3S. The molecule has 4 rings (SSSR count). The quantitative estimate of drug-likeness (QED) is 0.654. The molecule has 1 N–H and O–H groups in total. The fourth-order valence-electron chi connectivity index (χ4n) is 4.17. The van der Waals surface area contributed by atoms with Crippen LogP contribution in [-0.4, -0.2) is 27.1 Å². The molecule has 0 aromatic heterocycles. The van der Waals surface area contributed by atoms with Gasteiger partial charge in [0.2, 0.25) is 15.9 Å². The Kier molecular flexibility index (Phi) is 5.52. The van der Waals surface area contributed by atoms with Crippen LogP contribution in [0.25, 0.3) is 10.8 Å².